The summed E-state index contributed by atoms with van der Waals surface area (Å²) in [6, 6.07) is 36.3. The minimum absolute atomic E-state index is 0.0339. The van der Waals surface area contributed by atoms with Crippen LogP contribution in [0.4, 0.5) is 5.13 Å². The van der Waals surface area contributed by atoms with Crippen molar-refractivity contribution < 1.29 is 33.8 Å². The molecule has 2 aliphatic rings. The van der Waals surface area contributed by atoms with Crippen molar-refractivity contribution >= 4 is 51.7 Å². The molecule has 1 aromatic heterocycles. The fraction of sp³-hybridized carbons (Fsp3) is 0.186. The lowest BCUT2D eigenvalue weighted by Crippen LogP contribution is -2.71. The number of β-lactam (4-membered cyclic amide) rings is 1. The molecule has 0 unspecified atom stereocenters. The summed E-state index contributed by atoms with van der Waals surface area (Å²) in [4.78, 5) is 52.5. The summed E-state index contributed by atoms with van der Waals surface area (Å²) in [5, 5.41) is 21.6. The number of rotatable bonds is 15. The average molecular weight is 802 g/mol. The molecule has 0 aliphatic carbocycles. The second-order valence-corrected chi connectivity index (χ2v) is 14.8. The number of aliphatic hydroxyl groups is 1. The topological polar surface area (TPSA) is 152 Å². The van der Waals surface area contributed by atoms with Crippen LogP contribution in [0.25, 0.3) is 0 Å². The number of aliphatic hydroxyl groups excluding tert-OH is 1. The van der Waals surface area contributed by atoms with Gasteiger partial charge < -0.3 is 30.1 Å². The molecule has 1 saturated heterocycles. The number of oxime groups is 1. The van der Waals surface area contributed by atoms with Crippen molar-refractivity contribution in [1.82, 2.24) is 15.2 Å². The molecule has 4 aromatic carbocycles. The number of fused-ring (bicyclic) bond motifs is 1. The first-order valence-electron chi connectivity index (χ1n) is 18.0. The van der Waals surface area contributed by atoms with Crippen molar-refractivity contribution in [2.45, 2.75) is 23.6 Å². The maximum absolute atomic E-state index is 13.9. The molecule has 14 heteroatoms. The Labute approximate surface area is 337 Å². The summed E-state index contributed by atoms with van der Waals surface area (Å²) >= 11 is 2.67. The Balaban J connectivity index is 1.12. The van der Waals surface area contributed by atoms with E-state index >= 15 is 0 Å². The number of carbonyl (C=O) groups excluding carboxylic acids is 3. The zero-order valence-electron chi connectivity index (χ0n) is 31.0. The van der Waals surface area contributed by atoms with Gasteiger partial charge in [-0.3, -0.25) is 14.5 Å². The van der Waals surface area contributed by atoms with E-state index in [1.54, 1.807) is 42.8 Å². The smallest absolute Gasteiger partial charge is 0.355 e. The van der Waals surface area contributed by atoms with Gasteiger partial charge in [0, 0.05) is 11.1 Å². The summed E-state index contributed by atoms with van der Waals surface area (Å²) in [7, 11) is 2.89. The van der Waals surface area contributed by atoms with Gasteiger partial charge in [0.1, 0.15) is 47.8 Å². The molecule has 3 heterocycles. The Kier molecular flexibility index (Phi) is 12.1. The second kappa shape index (κ2) is 17.7. The number of nitrogens with zero attached hydrogens (tertiary/aromatic N) is 3. The number of carbonyl (C=O) groups is 3. The second-order valence-electron chi connectivity index (χ2n) is 12.9. The first kappa shape index (κ1) is 39.0. The number of amides is 2. The van der Waals surface area contributed by atoms with Gasteiger partial charge in [0.2, 0.25) is 0 Å². The van der Waals surface area contributed by atoms with Crippen molar-refractivity contribution in [3.8, 4) is 5.75 Å². The third-order valence-corrected chi connectivity index (χ3v) is 11.6. The monoisotopic (exact) mass is 801 g/mol. The number of hydrogen-bond acceptors (Lipinski definition) is 12. The minimum Gasteiger partial charge on any atom is -0.497 e. The summed E-state index contributed by atoms with van der Waals surface area (Å²) in [6.45, 7) is -0.284. The van der Waals surface area contributed by atoms with Crippen molar-refractivity contribution in [3.63, 3.8) is 0 Å². The van der Waals surface area contributed by atoms with Gasteiger partial charge in [0.05, 0.1) is 13.7 Å². The maximum Gasteiger partial charge on any atom is 0.355 e. The van der Waals surface area contributed by atoms with Crippen LogP contribution in [0.15, 0.2) is 149 Å². The van der Waals surface area contributed by atoms with E-state index in [0.717, 1.165) is 22.3 Å². The maximum atomic E-state index is 13.9. The van der Waals surface area contributed by atoms with Crippen LogP contribution in [0.2, 0.25) is 0 Å². The van der Waals surface area contributed by atoms with E-state index in [2.05, 4.69) is 52.2 Å². The Hall–Kier alpha value is -6.22. The molecule has 290 valence electrons. The van der Waals surface area contributed by atoms with Crippen LogP contribution in [-0.4, -0.2) is 76.5 Å². The lowest BCUT2D eigenvalue weighted by Gasteiger charge is -2.49. The molecule has 7 rings (SSSR count). The van der Waals surface area contributed by atoms with E-state index in [1.807, 2.05) is 54.6 Å². The predicted molar refractivity (Wildman–Crippen MR) is 220 cm³/mol. The number of aromatic nitrogens is 1. The molecule has 1 fully saturated rings. The highest BCUT2D eigenvalue weighted by Gasteiger charge is 2.54. The Bertz CT molecular complexity index is 2200. The van der Waals surface area contributed by atoms with Gasteiger partial charge in [-0.05, 0) is 40.0 Å². The van der Waals surface area contributed by atoms with Crippen molar-refractivity contribution in [2.75, 3.05) is 31.9 Å². The highest BCUT2D eigenvalue weighted by Crippen LogP contribution is 2.42. The van der Waals surface area contributed by atoms with Crippen molar-refractivity contribution in [3.05, 3.63) is 172 Å². The number of thiazole rings is 1. The lowest BCUT2D eigenvalue weighted by atomic mass is 9.77. The Morgan fingerprint density at radius 2 is 1.54 bits per heavy atom. The van der Waals surface area contributed by atoms with Crippen molar-refractivity contribution in [2.24, 2.45) is 5.16 Å². The van der Waals surface area contributed by atoms with Crippen molar-refractivity contribution in [1.29, 1.82) is 0 Å². The fourth-order valence-corrected chi connectivity index (χ4v) is 8.85. The van der Waals surface area contributed by atoms with E-state index in [4.69, 9.17) is 19.3 Å². The third-order valence-electron chi connectivity index (χ3n) is 9.49. The van der Waals surface area contributed by atoms with Crippen LogP contribution in [0, 0.1) is 0 Å². The predicted octanol–water partition coefficient (Wildman–Crippen LogP) is 5.85. The van der Waals surface area contributed by atoms with Crippen LogP contribution in [0.5, 0.6) is 5.75 Å². The molecule has 12 nitrogen and oxygen atoms in total. The normalized spacial score (nSPS) is 16.8. The molecule has 57 heavy (non-hydrogen) atoms. The molecule has 3 N–H and O–H groups in total. The molecule has 2 amide bonds. The molecule has 0 spiro atoms. The molecule has 0 saturated carbocycles. The quantitative estimate of drug-likeness (QED) is 0.0387. The Morgan fingerprint density at radius 3 is 2.11 bits per heavy atom. The molecule has 2 aliphatic heterocycles. The van der Waals surface area contributed by atoms with E-state index < -0.39 is 34.7 Å². The standard InChI is InChI=1S/C43H39N5O7S2/c1-53-33-22-20-28(21-23-33)25-55-41(52)37-29(13-12-24-49)26-56-40-36(39(51)48(37)40)45-38(50)35(47-54-2)34-27-57-42(44-34)46-43(30-14-6-3-7-15-30,31-16-8-4-9-17-31)32-18-10-5-11-19-32/h3-23,27,36,40,49H,24-26H2,1-2H3,(H,44,46)(H,45,50)/b13-12-,47-35-/t36-,40-/m1/s1. The largest absolute Gasteiger partial charge is 0.497 e. The lowest BCUT2D eigenvalue weighted by molar-refractivity contribution is -0.153. The van der Waals surface area contributed by atoms with Gasteiger partial charge in [0.25, 0.3) is 11.8 Å². The zero-order valence-corrected chi connectivity index (χ0v) is 32.7. The fourth-order valence-electron chi connectivity index (χ4n) is 6.78. The highest BCUT2D eigenvalue weighted by atomic mass is 32.2. The van der Waals surface area contributed by atoms with Gasteiger partial charge in [-0.25, -0.2) is 9.78 Å². The van der Waals surface area contributed by atoms with Gasteiger partial charge in [-0.2, -0.15) is 0 Å². The first-order valence-corrected chi connectivity index (χ1v) is 19.9. The summed E-state index contributed by atoms with van der Waals surface area (Å²) < 4.78 is 10.8. The van der Waals surface area contributed by atoms with Gasteiger partial charge in [-0.1, -0.05) is 120 Å². The van der Waals surface area contributed by atoms with E-state index in [1.165, 1.54) is 41.2 Å². The van der Waals surface area contributed by atoms with E-state index in [9.17, 15) is 19.5 Å². The SMILES string of the molecule is CO/N=C(\C(=O)N[C@@H]1C(=O)N2C(C(=O)OCc3ccc(OC)cc3)=C(/C=C\CO)CS[C@H]12)c1csc(NC(c2ccccc2)(c2ccccc2)c2ccccc2)n1. The van der Waals surface area contributed by atoms with Crippen LogP contribution < -0.4 is 15.4 Å². The number of methoxy groups -OCH3 is 1. The molecule has 0 bridgehead atoms. The van der Waals surface area contributed by atoms with Gasteiger partial charge in [-0.15, -0.1) is 23.1 Å². The van der Waals surface area contributed by atoms with E-state index in [0.29, 0.717) is 22.2 Å². The molecule has 0 radical (unpaired) electrons. The molecular formula is C43H39N5O7S2. The number of hydrogen-bond donors (Lipinski definition) is 3. The van der Waals surface area contributed by atoms with Crippen LogP contribution >= 0.6 is 23.1 Å². The van der Waals surface area contributed by atoms with Gasteiger partial charge in [0.15, 0.2) is 10.8 Å². The van der Waals surface area contributed by atoms with Crippen LogP contribution in [-0.2, 0) is 36.1 Å². The number of esters is 1. The number of allylic oxidation sites excluding steroid dienone is 1. The van der Waals surface area contributed by atoms with Crippen LogP contribution in [0.3, 0.4) is 0 Å². The third kappa shape index (κ3) is 8.05. The molecule has 2 atom stereocenters. The number of ether oxygens (including phenoxy) is 2. The summed E-state index contributed by atoms with van der Waals surface area (Å²) in [5.74, 6) is -0.879. The van der Waals surface area contributed by atoms with Crippen LogP contribution in [0.1, 0.15) is 27.9 Å². The number of nitrogens with one attached hydrogen (secondary N) is 2. The first-order chi connectivity index (χ1) is 27.9. The number of thioether (sulfide) groups is 1. The Morgan fingerprint density at radius 1 is 0.930 bits per heavy atom. The molecule has 5 aromatic rings. The number of anilines is 1. The summed E-state index contributed by atoms with van der Waals surface area (Å²) in [5.41, 5.74) is 3.51. The minimum atomic E-state index is -0.976. The average Bonchev–Trinajstić information content (AvgIpc) is 3.73. The van der Waals surface area contributed by atoms with Gasteiger partial charge >= 0.3 is 5.97 Å². The summed E-state index contributed by atoms with van der Waals surface area (Å²) in [6.07, 6.45) is 3.09. The zero-order chi connectivity index (χ0) is 39.8. The highest BCUT2D eigenvalue weighted by molar-refractivity contribution is 8.00. The van der Waals surface area contributed by atoms with E-state index in [-0.39, 0.29) is 30.3 Å². The number of benzene rings is 4. The molecular weight excluding hydrogens is 763 g/mol.